The zero-order chi connectivity index (χ0) is 20.8. The molecular weight excluding hydrogens is 374 g/mol. The summed E-state index contributed by atoms with van der Waals surface area (Å²) < 4.78 is 17.4. The average Bonchev–Trinajstić information content (AvgIpc) is 2.76. The van der Waals surface area contributed by atoms with E-state index in [2.05, 4.69) is 10.3 Å². The van der Waals surface area contributed by atoms with Gasteiger partial charge in [-0.15, -0.1) is 0 Å². The summed E-state index contributed by atoms with van der Waals surface area (Å²) in [6.45, 7) is 0.540. The lowest BCUT2D eigenvalue weighted by Gasteiger charge is -2.14. The Kier molecular flexibility index (Phi) is 6.33. The van der Waals surface area contributed by atoms with Crippen molar-refractivity contribution in [2.45, 2.75) is 19.5 Å². The maximum absolute atomic E-state index is 12.5. The number of hydrogen-bond acceptors (Lipinski definition) is 6. The lowest BCUT2D eigenvalue weighted by molar-refractivity contribution is -0.121. The van der Waals surface area contributed by atoms with Gasteiger partial charge >= 0.3 is 0 Å². The van der Waals surface area contributed by atoms with Crippen molar-refractivity contribution >= 4 is 16.8 Å². The molecule has 0 saturated heterocycles. The van der Waals surface area contributed by atoms with Gasteiger partial charge in [-0.1, -0.05) is 12.1 Å². The molecule has 2 aromatic carbocycles. The third-order valence-electron chi connectivity index (χ3n) is 4.53. The van der Waals surface area contributed by atoms with Crippen LogP contribution < -0.4 is 25.1 Å². The fourth-order valence-electron chi connectivity index (χ4n) is 3.01. The Morgan fingerprint density at radius 1 is 1.07 bits per heavy atom. The van der Waals surface area contributed by atoms with E-state index < -0.39 is 0 Å². The van der Waals surface area contributed by atoms with Crippen molar-refractivity contribution in [2.75, 3.05) is 21.3 Å². The first kappa shape index (κ1) is 20.2. The van der Waals surface area contributed by atoms with Gasteiger partial charge in [0.25, 0.3) is 5.56 Å². The quantitative estimate of drug-likeness (QED) is 0.626. The highest BCUT2D eigenvalue weighted by atomic mass is 16.5. The molecule has 3 rings (SSSR count). The number of ether oxygens (including phenoxy) is 3. The number of fused-ring (bicyclic) bond motifs is 1. The summed E-state index contributed by atoms with van der Waals surface area (Å²) >= 11 is 0. The van der Waals surface area contributed by atoms with Crippen LogP contribution >= 0.6 is 0 Å². The Bertz CT molecular complexity index is 1050. The third-order valence-corrected chi connectivity index (χ3v) is 4.53. The molecule has 0 spiro atoms. The highest BCUT2D eigenvalue weighted by Gasteiger charge is 2.14. The highest BCUT2D eigenvalue weighted by Crippen LogP contribution is 2.38. The fourth-order valence-corrected chi connectivity index (χ4v) is 3.01. The first-order chi connectivity index (χ1) is 14.1. The van der Waals surface area contributed by atoms with Crippen LogP contribution in [0.2, 0.25) is 0 Å². The molecule has 0 aliphatic heterocycles. The molecule has 29 heavy (non-hydrogen) atoms. The van der Waals surface area contributed by atoms with Crippen LogP contribution in [0, 0.1) is 0 Å². The van der Waals surface area contributed by atoms with Gasteiger partial charge < -0.3 is 19.5 Å². The Morgan fingerprint density at radius 3 is 2.41 bits per heavy atom. The molecule has 1 aromatic heterocycles. The van der Waals surface area contributed by atoms with Crippen LogP contribution in [0.3, 0.4) is 0 Å². The minimum absolute atomic E-state index is 0.157. The zero-order valence-corrected chi connectivity index (χ0v) is 16.6. The molecular formula is C21H23N3O5. The van der Waals surface area contributed by atoms with E-state index in [4.69, 9.17) is 14.2 Å². The normalized spacial score (nSPS) is 10.6. The van der Waals surface area contributed by atoms with Crippen LogP contribution in [0.25, 0.3) is 10.9 Å². The molecule has 0 saturated carbocycles. The molecule has 0 fully saturated rings. The number of nitrogens with zero attached hydrogens (tertiary/aromatic N) is 2. The van der Waals surface area contributed by atoms with Crippen molar-refractivity contribution in [3.05, 3.63) is 58.6 Å². The molecule has 0 aliphatic rings. The molecule has 152 valence electrons. The Morgan fingerprint density at radius 2 is 1.76 bits per heavy atom. The number of nitrogens with one attached hydrogen (secondary N) is 1. The van der Waals surface area contributed by atoms with Gasteiger partial charge in [-0.05, 0) is 29.8 Å². The van der Waals surface area contributed by atoms with E-state index in [0.717, 1.165) is 5.56 Å². The Labute approximate surface area is 168 Å². The third kappa shape index (κ3) is 4.48. The molecule has 0 unspecified atom stereocenters. The van der Waals surface area contributed by atoms with Gasteiger partial charge in [-0.25, -0.2) is 4.98 Å². The van der Waals surface area contributed by atoms with E-state index in [1.165, 1.54) is 32.2 Å². The van der Waals surface area contributed by atoms with Crippen LogP contribution in [-0.4, -0.2) is 36.8 Å². The summed E-state index contributed by atoms with van der Waals surface area (Å²) in [5, 5.41) is 3.37. The summed E-state index contributed by atoms with van der Waals surface area (Å²) in [6, 6.07) is 10.7. The summed E-state index contributed by atoms with van der Waals surface area (Å²) in [4.78, 5) is 29.0. The number of rotatable bonds is 8. The average molecular weight is 397 g/mol. The molecule has 8 nitrogen and oxygen atoms in total. The SMILES string of the molecule is COc1cc(CNC(=O)CCn2cnc3ccccc3c2=O)cc(OC)c1OC. The van der Waals surface area contributed by atoms with E-state index >= 15 is 0 Å². The van der Waals surface area contributed by atoms with Crippen LogP contribution in [0.15, 0.2) is 47.5 Å². The molecule has 8 heteroatoms. The maximum atomic E-state index is 12.5. The summed E-state index contributed by atoms with van der Waals surface area (Å²) in [6.07, 6.45) is 1.63. The summed E-state index contributed by atoms with van der Waals surface area (Å²) in [7, 11) is 4.61. The predicted octanol–water partition coefficient (Wildman–Crippen LogP) is 2.13. The first-order valence-corrected chi connectivity index (χ1v) is 9.07. The molecule has 1 heterocycles. The maximum Gasteiger partial charge on any atom is 0.261 e. The number of para-hydroxylation sites is 1. The zero-order valence-electron chi connectivity index (χ0n) is 16.6. The molecule has 3 aromatic rings. The van der Waals surface area contributed by atoms with Crippen molar-refractivity contribution in [2.24, 2.45) is 0 Å². The lowest BCUT2D eigenvalue weighted by Crippen LogP contribution is -2.27. The molecule has 0 radical (unpaired) electrons. The van der Waals surface area contributed by atoms with Gasteiger partial charge in [0.1, 0.15) is 0 Å². The number of aryl methyl sites for hydroxylation is 1. The van der Waals surface area contributed by atoms with Gasteiger partial charge in [0.2, 0.25) is 11.7 Å². The van der Waals surface area contributed by atoms with Crippen molar-refractivity contribution in [1.82, 2.24) is 14.9 Å². The van der Waals surface area contributed by atoms with Gasteiger partial charge in [0.15, 0.2) is 11.5 Å². The number of benzene rings is 2. The number of aromatic nitrogens is 2. The monoisotopic (exact) mass is 397 g/mol. The minimum atomic E-state index is -0.182. The second kappa shape index (κ2) is 9.09. The van der Waals surface area contributed by atoms with E-state index in [1.807, 2.05) is 6.07 Å². The first-order valence-electron chi connectivity index (χ1n) is 9.07. The molecule has 1 amide bonds. The van der Waals surface area contributed by atoms with Crippen LogP contribution in [-0.2, 0) is 17.9 Å². The molecule has 1 N–H and O–H groups in total. The number of hydrogen-bond donors (Lipinski definition) is 1. The van der Waals surface area contributed by atoms with E-state index in [0.29, 0.717) is 34.7 Å². The second-order valence-corrected chi connectivity index (χ2v) is 6.32. The predicted molar refractivity (Wildman–Crippen MR) is 109 cm³/mol. The molecule has 0 aliphatic carbocycles. The highest BCUT2D eigenvalue weighted by molar-refractivity contribution is 5.77. The number of methoxy groups -OCH3 is 3. The van der Waals surface area contributed by atoms with Crippen molar-refractivity contribution < 1.29 is 19.0 Å². The van der Waals surface area contributed by atoms with Crippen molar-refractivity contribution in [3.63, 3.8) is 0 Å². The van der Waals surface area contributed by atoms with Gasteiger partial charge in [-0.3, -0.25) is 14.2 Å². The van der Waals surface area contributed by atoms with Crippen LogP contribution in [0.5, 0.6) is 17.2 Å². The van der Waals surface area contributed by atoms with Gasteiger partial charge in [0.05, 0.1) is 38.6 Å². The fraction of sp³-hybridized carbons (Fsp3) is 0.286. The standard InChI is InChI=1S/C21H23N3O5/c1-27-17-10-14(11-18(28-2)20(17)29-3)12-22-19(25)8-9-24-13-23-16-7-5-4-6-15(16)21(24)26/h4-7,10-11,13H,8-9,12H2,1-3H3,(H,22,25). The molecule has 0 bridgehead atoms. The topological polar surface area (TPSA) is 91.7 Å². The Balaban J connectivity index is 1.64. The van der Waals surface area contributed by atoms with Crippen molar-refractivity contribution in [1.29, 1.82) is 0 Å². The Hall–Kier alpha value is -3.55. The van der Waals surface area contributed by atoms with Crippen LogP contribution in [0.1, 0.15) is 12.0 Å². The van der Waals surface area contributed by atoms with E-state index in [9.17, 15) is 9.59 Å². The number of carbonyl (C=O) groups excluding carboxylic acids is 1. The minimum Gasteiger partial charge on any atom is -0.493 e. The smallest absolute Gasteiger partial charge is 0.261 e. The second-order valence-electron chi connectivity index (χ2n) is 6.32. The molecule has 0 atom stereocenters. The largest absolute Gasteiger partial charge is 0.493 e. The number of amides is 1. The van der Waals surface area contributed by atoms with Gasteiger partial charge in [-0.2, -0.15) is 0 Å². The number of carbonyl (C=O) groups is 1. The van der Waals surface area contributed by atoms with E-state index in [-0.39, 0.29) is 24.4 Å². The van der Waals surface area contributed by atoms with Gasteiger partial charge in [0, 0.05) is 19.5 Å². The van der Waals surface area contributed by atoms with E-state index in [1.54, 1.807) is 30.3 Å². The lowest BCUT2D eigenvalue weighted by atomic mass is 10.1. The summed E-state index contributed by atoms with van der Waals surface area (Å²) in [5.74, 6) is 1.35. The van der Waals surface area contributed by atoms with Crippen molar-refractivity contribution in [3.8, 4) is 17.2 Å². The van der Waals surface area contributed by atoms with Crippen LogP contribution in [0.4, 0.5) is 0 Å². The summed E-state index contributed by atoms with van der Waals surface area (Å²) in [5.41, 5.74) is 1.28.